The van der Waals surface area contributed by atoms with Gasteiger partial charge in [0.15, 0.2) is 0 Å². The predicted octanol–water partition coefficient (Wildman–Crippen LogP) is 1.79. The maximum Gasteiger partial charge on any atom is 0.223 e. The molecule has 2 heterocycles. The fourth-order valence-corrected chi connectivity index (χ4v) is 1.68. The van der Waals surface area contributed by atoms with Crippen molar-refractivity contribution >= 4 is 5.95 Å². The van der Waals surface area contributed by atoms with E-state index in [0.29, 0.717) is 5.95 Å². The normalized spacial score (nSPS) is 10.5. The second-order valence-electron chi connectivity index (χ2n) is 4.02. The van der Waals surface area contributed by atoms with Crippen LogP contribution >= 0.6 is 0 Å². The highest BCUT2D eigenvalue weighted by atomic mass is 15.3. The van der Waals surface area contributed by atoms with Crippen molar-refractivity contribution < 1.29 is 0 Å². The van der Waals surface area contributed by atoms with Crippen molar-refractivity contribution in [1.82, 2.24) is 19.7 Å². The molecule has 0 spiro atoms. The second-order valence-corrected chi connectivity index (χ2v) is 4.02. The monoisotopic (exact) mass is 231 g/mol. The fourth-order valence-electron chi connectivity index (χ4n) is 1.68. The second kappa shape index (κ2) is 5.43. The summed E-state index contributed by atoms with van der Waals surface area (Å²) in [5, 5.41) is 7.37. The first-order valence-electron chi connectivity index (χ1n) is 5.77. The van der Waals surface area contributed by atoms with Crippen LogP contribution in [-0.4, -0.2) is 26.3 Å². The first kappa shape index (κ1) is 11.6. The van der Waals surface area contributed by atoms with Gasteiger partial charge in [-0.25, -0.2) is 9.97 Å². The fraction of sp³-hybridized carbons (Fsp3) is 0.417. The molecule has 0 aliphatic heterocycles. The van der Waals surface area contributed by atoms with Crippen molar-refractivity contribution in [2.45, 2.75) is 26.8 Å². The van der Waals surface area contributed by atoms with Gasteiger partial charge in [0, 0.05) is 36.9 Å². The summed E-state index contributed by atoms with van der Waals surface area (Å²) in [6, 6.07) is 3.90. The molecule has 0 aromatic carbocycles. The van der Waals surface area contributed by atoms with E-state index >= 15 is 0 Å². The van der Waals surface area contributed by atoms with E-state index in [1.807, 2.05) is 36.9 Å². The summed E-state index contributed by atoms with van der Waals surface area (Å²) in [5.41, 5.74) is 1.99. The van der Waals surface area contributed by atoms with Crippen LogP contribution in [0.2, 0.25) is 0 Å². The van der Waals surface area contributed by atoms with E-state index < -0.39 is 0 Å². The Morgan fingerprint density at radius 1 is 1.24 bits per heavy atom. The molecule has 17 heavy (non-hydrogen) atoms. The van der Waals surface area contributed by atoms with Gasteiger partial charge in [0.25, 0.3) is 0 Å². The Morgan fingerprint density at radius 2 is 2.00 bits per heavy atom. The molecule has 0 saturated carbocycles. The smallest absolute Gasteiger partial charge is 0.223 e. The van der Waals surface area contributed by atoms with E-state index in [-0.39, 0.29) is 0 Å². The van der Waals surface area contributed by atoms with Crippen LogP contribution in [-0.2, 0) is 6.54 Å². The largest absolute Gasteiger partial charge is 0.354 e. The molecule has 0 amide bonds. The molecule has 0 atom stereocenters. The zero-order valence-corrected chi connectivity index (χ0v) is 10.2. The lowest BCUT2D eigenvalue weighted by atomic mass is 10.3. The summed E-state index contributed by atoms with van der Waals surface area (Å²) >= 11 is 0. The van der Waals surface area contributed by atoms with Gasteiger partial charge >= 0.3 is 0 Å². The Hall–Kier alpha value is -1.91. The molecule has 0 radical (unpaired) electrons. The average molecular weight is 231 g/mol. The van der Waals surface area contributed by atoms with Crippen molar-refractivity contribution in [2.24, 2.45) is 0 Å². The van der Waals surface area contributed by atoms with Crippen LogP contribution in [0, 0.1) is 13.8 Å². The van der Waals surface area contributed by atoms with Crippen molar-refractivity contribution in [2.75, 3.05) is 11.9 Å². The molecule has 0 bridgehead atoms. The predicted molar refractivity (Wildman–Crippen MR) is 66.8 cm³/mol. The Labute approximate surface area is 101 Å². The number of aryl methyl sites for hydroxylation is 3. The molecule has 0 unspecified atom stereocenters. The molecule has 5 nitrogen and oxygen atoms in total. The highest BCUT2D eigenvalue weighted by Crippen LogP contribution is 2.03. The van der Waals surface area contributed by atoms with Gasteiger partial charge in [-0.2, -0.15) is 5.10 Å². The molecule has 2 aromatic rings. The first-order chi connectivity index (χ1) is 8.24. The lowest BCUT2D eigenvalue weighted by Crippen LogP contribution is -2.10. The Morgan fingerprint density at radius 3 is 2.65 bits per heavy atom. The van der Waals surface area contributed by atoms with Gasteiger partial charge in [0.05, 0.1) is 0 Å². The third-order valence-electron chi connectivity index (χ3n) is 2.39. The zero-order valence-electron chi connectivity index (χ0n) is 10.2. The van der Waals surface area contributed by atoms with Crippen LogP contribution in [0.25, 0.3) is 0 Å². The number of aromatic nitrogens is 4. The minimum absolute atomic E-state index is 0.711. The minimum atomic E-state index is 0.711. The summed E-state index contributed by atoms with van der Waals surface area (Å²) in [7, 11) is 0. The van der Waals surface area contributed by atoms with Crippen LogP contribution < -0.4 is 5.32 Å². The van der Waals surface area contributed by atoms with Crippen LogP contribution in [0.3, 0.4) is 0 Å². The molecular formula is C12H17N5. The summed E-state index contributed by atoms with van der Waals surface area (Å²) in [4.78, 5) is 8.65. The number of rotatable bonds is 5. The Bertz CT molecular complexity index is 444. The Kier molecular flexibility index (Phi) is 3.69. The minimum Gasteiger partial charge on any atom is -0.354 e. The van der Waals surface area contributed by atoms with E-state index in [2.05, 4.69) is 20.4 Å². The molecule has 5 heteroatoms. The maximum absolute atomic E-state index is 4.32. The maximum atomic E-state index is 4.32. The molecular weight excluding hydrogens is 214 g/mol. The lowest BCUT2D eigenvalue weighted by Gasteiger charge is -2.06. The number of nitrogens with zero attached hydrogens (tertiary/aromatic N) is 4. The van der Waals surface area contributed by atoms with Gasteiger partial charge in [-0.15, -0.1) is 0 Å². The third-order valence-corrected chi connectivity index (χ3v) is 2.39. The highest BCUT2D eigenvalue weighted by molar-refractivity contribution is 5.27. The van der Waals surface area contributed by atoms with Crippen LogP contribution in [0.1, 0.15) is 17.8 Å². The van der Waals surface area contributed by atoms with Crippen molar-refractivity contribution in [1.29, 1.82) is 0 Å². The zero-order chi connectivity index (χ0) is 12.1. The van der Waals surface area contributed by atoms with Crippen LogP contribution in [0.4, 0.5) is 5.95 Å². The van der Waals surface area contributed by atoms with Gasteiger partial charge < -0.3 is 5.32 Å². The molecule has 0 saturated heterocycles. The third kappa shape index (κ3) is 3.55. The van der Waals surface area contributed by atoms with E-state index in [9.17, 15) is 0 Å². The molecule has 90 valence electrons. The summed E-state index contributed by atoms with van der Waals surface area (Å²) in [6.45, 7) is 5.71. The number of nitrogens with one attached hydrogen (secondary N) is 1. The van der Waals surface area contributed by atoms with E-state index in [4.69, 9.17) is 0 Å². The van der Waals surface area contributed by atoms with Gasteiger partial charge in [-0.3, -0.25) is 4.68 Å². The van der Waals surface area contributed by atoms with E-state index in [1.165, 1.54) is 0 Å². The SMILES string of the molecule is Cc1cc(C)nc(NCCCn2cccn2)n1. The molecule has 0 aliphatic rings. The number of anilines is 1. The van der Waals surface area contributed by atoms with Gasteiger partial charge in [0.1, 0.15) is 0 Å². The standard InChI is InChI=1S/C12H17N5/c1-10-9-11(2)16-12(15-10)13-5-3-7-17-8-4-6-14-17/h4,6,8-9H,3,5,7H2,1-2H3,(H,13,15,16). The number of hydrogen-bond acceptors (Lipinski definition) is 4. The quantitative estimate of drug-likeness (QED) is 0.797. The summed E-state index contributed by atoms with van der Waals surface area (Å²) in [6.07, 6.45) is 4.76. The van der Waals surface area contributed by atoms with E-state index in [0.717, 1.165) is 30.9 Å². The molecule has 1 N–H and O–H groups in total. The number of hydrogen-bond donors (Lipinski definition) is 1. The van der Waals surface area contributed by atoms with E-state index in [1.54, 1.807) is 6.20 Å². The van der Waals surface area contributed by atoms with Gasteiger partial charge in [0.2, 0.25) is 5.95 Å². The molecule has 2 aromatic heterocycles. The van der Waals surface area contributed by atoms with Crippen molar-refractivity contribution in [3.8, 4) is 0 Å². The van der Waals surface area contributed by atoms with Crippen LogP contribution in [0.5, 0.6) is 0 Å². The molecule has 0 aliphatic carbocycles. The topological polar surface area (TPSA) is 55.6 Å². The molecule has 0 fully saturated rings. The highest BCUT2D eigenvalue weighted by Gasteiger charge is 1.98. The first-order valence-corrected chi connectivity index (χ1v) is 5.77. The summed E-state index contributed by atoms with van der Waals surface area (Å²) < 4.78 is 1.92. The average Bonchev–Trinajstić information content (AvgIpc) is 2.76. The molecule has 2 rings (SSSR count). The van der Waals surface area contributed by atoms with Gasteiger partial charge in [-0.05, 0) is 32.4 Å². The van der Waals surface area contributed by atoms with Gasteiger partial charge in [-0.1, -0.05) is 0 Å². The van der Waals surface area contributed by atoms with Crippen molar-refractivity contribution in [3.05, 3.63) is 35.9 Å². The summed E-state index contributed by atoms with van der Waals surface area (Å²) in [5.74, 6) is 0.711. The van der Waals surface area contributed by atoms with Crippen LogP contribution in [0.15, 0.2) is 24.5 Å². The Balaban J connectivity index is 1.78. The lowest BCUT2D eigenvalue weighted by molar-refractivity contribution is 0.591. The van der Waals surface area contributed by atoms with Crippen molar-refractivity contribution in [3.63, 3.8) is 0 Å².